The monoisotopic (exact) mass is 854 g/mol. The molecule has 1 aromatic heterocycles. The molecule has 1 N–H and O–H groups in total. The normalized spacial score (nSPS) is 23.8. The predicted octanol–water partition coefficient (Wildman–Crippen LogP) is 7.79. The summed E-state index contributed by atoms with van der Waals surface area (Å²) < 4.78 is 53.1. The molecule has 0 unspecified atom stereocenters. The Morgan fingerprint density at radius 3 is 2.45 bits per heavy atom. The average molecular weight is 855 g/mol. The highest BCUT2D eigenvalue weighted by atomic mass is 127. The molecular formula is C39H53F2IN4O7. The maximum atomic E-state index is 15.3. The van der Waals surface area contributed by atoms with E-state index in [9.17, 15) is 14.4 Å². The first-order chi connectivity index (χ1) is 24.9. The van der Waals surface area contributed by atoms with Crippen molar-refractivity contribution < 1.29 is 42.1 Å². The minimum absolute atomic E-state index is 0.0104. The van der Waals surface area contributed by atoms with E-state index in [0.29, 0.717) is 30.6 Å². The maximum absolute atomic E-state index is 15.3. The Morgan fingerprint density at radius 1 is 1.13 bits per heavy atom. The number of ether oxygens (including phenoxy) is 4. The van der Waals surface area contributed by atoms with Gasteiger partial charge in [0.1, 0.15) is 30.0 Å². The molecule has 0 spiro atoms. The Morgan fingerprint density at radius 2 is 1.85 bits per heavy atom. The lowest BCUT2D eigenvalue weighted by Crippen LogP contribution is -2.59. The van der Waals surface area contributed by atoms with Crippen LogP contribution >= 0.6 is 22.6 Å². The van der Waals surface area contributed by atoms with Crippen molar-refractivity contribution in [1.82, 2.24) is 20.2 Å². The van der Waals surface area contributed by atoms with Gasteiger partial charge >= 0.3 is 18.0 Å². The van der Waals surface area contributed by atoms with Crippen molar-refractivity contribution in [3.63, 3.8) is 0 Å². The van der Waals surface area contributed by atoms with Gasteiger partial charge in [0.2, 0.25) is 11.8 Å². The van der Waals surface area contributed by atoms with Gasteiger partial charge in [0.15, 0.2) is 5.69 Å². The molecule has 2 heterocycles. The number of esters is 1. The summed E-state index contributed by atoms with van der Waals surface area (Å²) in [7, 11) is 1.47. The number of rotatable bonds is 16. The molecule has 2 aliphatic rings. The van der Waals surface area contributed by atoms with Crippen LogP contribution in [0.2, 0.25) is 0 Å². The van der Waals surface area contributed by atoms with Crippen molar-refractivity contribution in [2.45, 2.75) is 107 Å². The molecule has 1 aliphatic carbocycles. The van der Waals surface area contributed by atoms with Crippen molar-refractivity contribution in [2.75, 3.05) is 20.3 Å². The summed E-state index contributed by atoms with van der Waals surface area (Å²) in [6, 6.07) is 2.36. The largest absolute Gasteiger partial charge is 0.497 e. The number of allylic oxidation sites excluding steroid dienone is 2. The molecule has 0 radical (unpaired) electrons. The Kier molecular flexibility index (Phi) is 14.1. The quantitative estimate of drug-likeness (QED) is 0.0779. The number of halogens is 3. The Hall–Kier alpha value is -3.56. The van der Waals surface area contributed by atoms with Crippen molar-refractivity contribution in [2.24, 2.45) is 23.7 Å². The summed E-state index contributed by atoms with van der Waals surface area (Å²) in [5, 5.41) is 2.81. The third-order valence-corrected chi connectivity index (χ3v) is 10.5. The van der Waals surface area contributed by atoms with Crippen LogP contribution < -0.4 is 14.8 Å². The summed E-state index contributed by atoms with van der Waals surface area (Å²) in [6.45, 7) is 18.3. The van der Waals surface area contributed by atoms with Crippen LogP contribution in [0.25, 0.3) is 11.0 Å². The number of carbonyl (C=O) groups excluding carboxylic acids is 3. The van der Waals surface area contributed by atoms with Crippen molar-refractivity contribution in [3.05, 3.63) is 49.2 Å². The third-order valence-electron chi connectivity index (χ3n) is 9.89. The molecule has 1 saturated carbocycles. The fourth-order valence-electron chi connectivity index (χ4n) is 7.15. The SMILES string of the molecule is C=CCC[C@@H]1C[C@@H](C)C[C@H]1OC(=O)N[C@H](C(=O)N1C[C@H](Oc2nc3cc(OC)ccc3nc2C(F)(F)C=C)[C@@H](CC)[C@H]1C(=O)OCC(C)C)C(C)(C)I. The highest BCUT2D eigenvalue weighted by molar-refractivity contribution is 14.1. The second kappa shape index (κ2) is 17.7. The van der Waals surface area contributed by atoms with Gasteiger partial charge in [-0.25, -0.2) is 19.6 Å². The minimum atomic E-state index is -3.62. The molecule has 14 heteroatoms. The topological polar surface area (TPSA) is 129 Å². The van der Waals surface area contributed by atoms with E-state index in [1.807, 2.05) is 26.8 Å². The number of amides is 2. The Bertz CT molecular complexity index is 1650. The number of alkyl carbamates (subject to hydrolysis) is 1. The first kappa shape index (κ1) is 42.2. The number of nitrogens with one attached hydrogen (secondary N) is 1. The van der Waals surface area contributed by atoms with Gasteiger partial charge in [0.25, 0.3) is 0 Å². The van der Waals surface area contributed by atoms with Crippen LogP contribution in [0, 0.1) is 23.7 Å². The van der Waals surface area contributed by atoms with Gasteiger partial charge < -0.3 is 29.2 Å². The second-order valence-electron chi connectivity index (χ2n) is 15.0. The van der Waals surface area contributed by atoms with E-state index in [1.54, 1.807) is 26.0 Å². The highest BCUT2D eigenvalue weighted by Gasteiger charge is 2.53. The van der Waals surface area contributed by atoms with Crippen molar-refractivity contribution in [3.8, 4) is 11.6 Å². The lowest BCUT2D eigenvalue weighted by atomic mass is 9.94. The van der Waals surface area contributed by atoms with Crippen LogP contribution in [-0.4, -0.2) is 80.8 Å². The zero-order chi connectivity index (χ0) is 39.2. The van der Waals surface area contributed by atoms with Gasteiger partial charge in [-0.2, -0.15) is 8.78 Å². The highest BCUT2D eigenvalue weighted by Crippen LogP contribution is 2.40. The van der Waals surface area contributed by atoms with E-state index in [4.69, 9.17) is 18.9 Å². The molecule has 0 bridgehead atoms. The Labute approximate surface area is 324 Å². The molecule has 2 fully saturated rings. The van der Waals surface area contributed by atoms with Gasteiger partial charge in [0.05, 0.1) is 31.3 Å². The molecule has 2 aromatic rings. The van der Waals surface area contributed by atoms with Crippen LogP contribution in [0.1, 0.15) is 79.3 Å². The molecule has 1 aromatic carbocycles. The van der Waals surface area contributed by atoms with Crippen molar-refractivity contribution in [1.29, 1.82) is 0 Å². The van der Waals surface area contributed by atoms with E-state index < -0.39 is 63.0 Å². The number of fused-ring (bicyclic) bond motifs is 1. The van der Waals surface area contributed by atoms with E-state index in [-0.39, 0.29) is 42.1 Å². The third kappa shape index (κ3) is 10.2. The first-order valence-corrected chi connectivity index (χ1v) is 19.3. The van der Waals surface area contributed by atoms with Gasteiger partial charge in [-0.15, -0.1) is 6.58 Å². The lowest BCUT2D eigenvalue weighted by molar-refractivity contribution is -0.156. The first-order valence-electron chi connectivity index (χ1n) is 18.2. The lowest BCUT2D eigenvalue weighted by Gasteiger charge is -2.34. The molecule has 53 heavy (non-hydrogen) atoms. The number of aromatic nitrogens is 2. The van der Waals surface area contributed by atoms with Gasteiger partial charge in [-0.05, 0) is 81.9 Å². The summed E-state index contributed by atoms with van der Waals surface area (Å²) in [6.07, 6.45) is 3.89. The average Bonchev–Trinajstić information content (AvgIpc) is 3.65. The molecular weight excluding hydrogens is 801 g/mol. The molecule has 4 rings (SSSR count). The summed E-state index contributed by atoms with van der Waals surface area (Å²) in [5.41, 5.74) is -0.330. The zero-order valence-corrected chi connectivity index (χ0v) is 33.9. The standard InChI is InChI=1S/C39H53F2IN4O7/c1-10-13-14-24-17-23(6)18-29(24)53-37(49)45-33(38(7,8)42)35(47)46-20-30(26(11-2)31(46)36(48)51-21-22(4)5)52-34-32(39(40,41)12-3)43-27-16-15-25(50-9)19-28(27)44-34/h10,12,15-16,19,22-24,26,29-31,33H,1,3,11,13-14,17-18,20-21H2,2,4-9H3,(H,45,49)/t23-,24-,26-,29-,30+,31+,33-/m1/s1. The smallest absolute Gasteiger partial charge is 0.408 e. The Balaban J connectivity index is 1.70. The molecule has 7 atom stereocenters. The number of methoxy groups -OCH3 is 1. The van der Waals surface area contributed by atoms with Crippen LogP contribution in [0.4, 0.5) is 13.6 Å². The molecule has 2 amide bonds. The predicted molar refractivity (Wildman–Crippen MR) is 206 cm³/mol. The fourth-order valence-corrected chi connectivity index (χ4v) is 7.57. The molecule has 292 valence electrons. The van der Waals surface area contributed by atoms with E-state index in [2.05, 4.69) is 58.0 Å². The summed E-state index contributed by atoms with van der Waals surface area (Å²) in [5.74, 6) is -5.00. The van der Waals surface area contributed by atoms with Gasteiger partial charge in [0, 0.05) is 15.4 Å². The van der Waals surface area contributed by atoms with Crippen LogP contribution in [0.3, 0.4) is 0 Å². The number of nitrogens with zero attached hydrogens (tertiary/aromatic N) is 3. The minimum Gasteiger partial charge on any atom is -0.497 e. The maximum Gasteiger partial charge on any atom is 0.408 e. The molecule has 1 saturated heterocycles. The summed E-state index contributed by atoms with van der Waals surface area (Å²) >= 11 is 2.09. The van der Waals surface area contributed by atoms with Gasteiger partial charge in [-0.1, -0.05) is 62.9 Å². The van der Waals surface area contributed by atoms with Crippen LogP contribution in [0.5, 0.6) is 11.6 Å². The van der Waals surface area contributed by atoms with Crippen molar-refractivity contribution >= 4 is 51.6 Å². The number of carbonyl (C=O) groups is 3. The van der Waals surface area contributed by atoms with Gasteiger partial charge in [-0.3, -0.25) is 4.79 Å². The fraction of sp³-hybridized carbons (Fsp3) is 0.615. The van der Waals surface area contributed by atoms with Crippen LogP contribution in [0.15, 0.2) is 43.5 Å². The van der Waals surface area contributed by atoms with E-state index in [1.165, 1.54) is 18.1 Å². The summed E-state index contributed by atoms with van der Waals surface area (Å²) in [4.78, 5) is 52.0. The van der Waals surface area contributed by atoms with E-state index in [0.717, 1.165) is 19.3 Å². The second-order valence-corrected chi connectivity index (χ2v) is 17.8. The zero-order valence-electron chi connectivity index (χ0n) is 31.7. The van der Waals surface area contributed by atoms with E-state index >= 15 is 8.78 Å². The molecule has 1 aliphatic heterocycles. The number of benzene rings is 1. The number of hydrogen-bond donors (Lipinski definition) is 1. The number of alkyl halides is 3. The number of hydrogen-bond acceptors (Lipinski definition) is 9. The molecule has 11 nitrogen and oxygen atoms in total. The number of likely N-dealkylation sites (tertiary alicyclic amines) is 1. The van der Waals surface area contributed by atoms with Crippen LogP contribution in [-0.2, 0) is 25.0 Å².